The molecule has 1 aromatic heterocycles. The van der Waals surface area contributed by atoms with Crippen molar-refractivity contribution in [2.45, 2.75) is 26.7 Å². The van der Waals surface area contributed by atoms with Gasteiger partial charge in [0.15, 0.2) is 5.13 Å². The van der Waals surface area contributed by atoms with Gasteiger partial charge in [-0.25, -0.2) is 4.98 Å². The Morgan fingerprint density at radius 1 is 1.33 bits per heavy atom. The molecule has 8 heteroatoms. The number of nitrogens with zero attached hydrogens (tertiary/aromatic N) is 1. The normalized spacial score (nSPS) is 14.3. The largest absolute Gasteiger partial charge is 0.496 e. The minimum absolute atomic E-state index is 0. The maximum Gasteiger partial charge on any atom is 0.267 e. The molecule has 0 unspecified atom stereocenters. The van der Waals surface area contributed by atoms with Crippen LogP contribution in [0.5, 0.6) is 5.75 Å². The third-order valence-corrected chi connectivity index (χ3v) is 5.77. The average molecular weight is 411 g/mol. The van der Waals surface area contributed by atoms with E-state index < -0.39 is 0 Å². The molecule has 3 N–H and O–H groups in total. The van der Waals surface area contributed by atoms with Gasteiger partial charge in [0.1, 0.15) is 10.6 Å². The third kappa shape index (κ3) is 5.34. The van der Waals surface area contributed by atoms with Crippen molar-refractivity contribution in [1.29, 1.82) is 0 Å². The molecule has 0 atom stereocenters. The van der Waals surface area contributed by atoms with E-state index in [2.05, 4.69) is 20.9 Å². The number of carbonyl (C=O) groups is 1. The highest BCUT2D eigenvalue weighted by atomic mass is 35.5. The Morgan fingerprint density at radius 2 is 2.07 bits per heavy atom. The molecule has 3 rings (SSSR count). The Labute approximate surface area is 170 Å². The maximum atomic E-state index is 12.6. The molecule has 1 aliphatic heterocycles. The number of aromatic nitrogens is 1. The fraction of sp³-hybridized carbons (Fsp3) is 0.474. The van der Waals surface area contributed by atoms with Crippen LogP contribution in [-0.4, -0.2) is 37.6 Å². The lowest BCUT2D eigenvalue weighted by atomic mass is 9.98. The maximum absolute atomic E-state index is 12.6. The van der Waals surface area contributed by atoms with Crippen LogP contribution < -0.4 is 20.7 Å². The summed E-state index contributed by atoms with van der Waals surface area (Å²) in [7, 11) is 1.63. The molecule has 0 bridgehead atoms. The van der Waals surface area contributed by atoms with Gasteiger partial charge in [-0.3, -0.25) is 4.79 Å². The van der Waals surface area contributed by atoms with E-state index in [0.717, 1.165) is 47.3 Å². The average Bonchev–Trinajstić information content (AvgIpc) is 3.13. The Hall–Kier alpha value is -1.83. The van der Waals surface area contributed by atoms with Gasteiger partial charge in [-0.05, 0) is 57.3 Å². The lowest BCUT2D eigenvalue weighted by molar-refractivity contribution is 0.103. The van der Waals surface area contributed by atoms with Gasteiger partial charge in [-0.1, -0.05) is 17.4 Å². The summed E-state index contributed by atoms with van der Waals surface area (Å²) in [5, 5.41) is 10.5. The monoisotopic (exact) mass is 410 g/mol. The number of hydrogen-bond donors (Lipinski definition) is 3. The Morgan fingerprint density at radius 3 is 2.78 bits per heavy atom. The summed E-state index contributed by atoms with van der Waals surface area (Å²) in [5.74, 6) is 1.29. The minimum Gasteiger partial charge on any atom is -0.496 e. The Kier molecular flexibility index (Phi) is 7.89. The Bertz CT molecular complexity index is 775. The smallest absolute Gasteiger partial charge is 0.267 e. The van der Waals surface area contributed by atoms with Crippen molar-refractivity contribution in [3.8, 4) is 5.75 Å². The predicted molar refractivity (Wildman–Crippen MR) is 114 cm³/mol. The molecule has 1 aliphatic rings. The van der Waals surface area contributed by atoms with Gasteiger partial charge in [-0.15, -0.1) is 12.4 Å². The fourth-order valence-electron chi connectivity index (χ4n) is 3.19. The molecule has 1 fully saturated rings. The molecule has 0 radical (unpaired) electrons. The van der Waals surface area contributed by atoms with E-state index in [1.165, 1.54) is 24.2 Å². The van der Waals surface area contributed by atoms with E-state index >= 15 is 0 Å². The van der Waals surface area contributed by atoms with Gasteiger partial charge in [-0.2, -0.15) is 0 Å². The molecule has 0 spiro atoms. The number of rotatable bonds is 6. The number of hydrogen-bond acceptors (Lipinski definition) is 6. The van der Waals surface area contributed by atoms with E-state index in [-0.39, 0.29) is 18.3 Å². The molecule has 0 saturated carbocycles. The van der Waals surface area contributed by atoms with Crippen molar-refractivity contribution in [1.82, 2.24) is 10.3 Å². The number of piperidine rings is 1. The van der Waals surface area contributed by atoms with Gasteiger partial charge in [0.2, 0.25) is 0 Å². The van der Waals surface area contributed by atoms with Gasteiger partial charge < -0.3 is 20.7 Å². The summed E-state index contributed by atoms with van der Waals surface area (Å²) in [5.41, 5.74) is 2.73. The zero-order chi connectivity index (χ0) is 18.5. The van der Waals surface area contributed by atoms with Gasteiger partial charge in [0, 0.05) is 12.1 Å². The zero-order valence-electron chi connectivity index (χ0n) is 15.9. The molecular weight excluding hydrogens is 384 g/mol. The van der Waals surface area contributed by atoms with Gasteiger partial charge in [0.05, 0.1) is 19.0 Å². The van der Waals surface area contributed by atoms with Crippen LogP contribution in [0.1, 0.15) is 33.6 Å². The Balaban J connectivity index is 0.00000261. The molecule has 0 aliphatic carbocycles. The topological polar surface area (TPSA) is 75.3 Å². The summed E-state index contributed by atoms with van der Waals surface area (Å²) >= 11 is 1.39. The van der Waals surface area contributed by atoms with Crippen LogP contribution in [0.3, 0.4) is 0 Å². The van der Waals surface area contributed by atoms with E-state index in [1.54, 1.807) is 13.3 Å². The summed E-state index contributed by atoms with van der Waals surface area (Å²) in [4.78, 5) is 17.6. The molecule has 1 aromatic carbocycles. The lowest BCUT2D eigenvalue weighted by Crippen LogP contribution is -2.31. The second-order valence-electron chi connectivity index (χ2n) is 6.64. The van der Waals surface area contributed by atoms with Crippen molar-refractivity contribution in [2.24, 2.45) is 5.92 Å². The highest BCUT2D eigenvalue weighted by Crippen LogP contribution is 2.30. The number of ether oxygens (including phenoxy) is 1. The van der Waals surface area contributed by atoms with Crippen molar-refractivity contribution in [2.75, 3.05) is 37.4 Å². The molecule has 2 aromatic rings. The first kappa shape index (κ1) is 21.5. The van der Waals surface area contributed by atoms with Crippen molar-refractivity contribution >= 4 is 40.5 Å². The highest BCUT2D eigenvalue weighted by Gasteiger charge is 2.17. The quantitative estimate of drug-likeness (QED) is 0.674. The van der Waals surface area contributed by atoms with Crippen LogP contribution in [0, 0.1) is 19.8 Å². The SMILES string of the molecule is COc1ccc(C)c(NC(=O)c2cnc(NCC3CCNCC3)s2)c1C.Cl. The molecule has 1 amide bonds. The fourth-order valence-corrected chi connectivity index (χ4v) is 3.91. The van der Waals surface area contributed by atoms with E-state index in [0.29, 0.717) is 10.8 Å². The van der Waals surface area contributed by atoms with Crippen LogP contribution in [0.4, 0.5) is 10.8 Å². The molecular formula is C19H27ClN4O2S. The number of thiazole rings is 1. The summed E-state index contributed by atoms with van der Waals surface area (Å²) in [6.45, 7) is 6.99. The van der Waals surface area contributed by atoms with Crippen LogP contribution >= 0.6 is 23.7 Å². The number of methoxy groups -OCH3 is 1. The van der Waals surface area contributed by atoms with Crippen LogP contribution in [-0.2, 0) is 0 Å². The molecule has 2 heterocycles. The van der Waals surface area contributed by atoms with Crippen LogP contribution in [0.2, 0.25) is 0 Å². The highest BCUT2D eigenvalue weighted by molar-refractivity contribution is 7.17. The van der Waals surface area contributed by atoms with E-state index in [4.69, 9.17) is 4.74 Å². The van der Waals surface area contributed by atoms with E-state index in [9.17, 15) is 4.79 Å². The lowest BCUT2D eigenvalue weighted by Gasteiger charge is -2.22. The predicted octanol–water partition coefficient (Wildman–Crippen LogP) is 3.85. The molecule has 148 valence electrons. The number of anilines is 2. The van der Waals surface area contributed by atoms with Crippen molar-refractivity contribution in [3.63, 3.8) is 0 Å². The first-order valence-electron chi connectivity index (χ1n) is 8.94. The number of carbonyl (C=O) groups excluding carboxylic acids is 1. The number of amides is 1. The first-order chi connectivity index (χ1) is 12.6. The van der Waals surface area contributed by atoms with E-state index in [1.807, 2.05) is 26.0 Å². The summed E-state index contributed by atoms with van der Waals surface area (Å²) in [6, 6.07) is 3.86. The zero-order valence-corrected chi connectivity index (χ0v) is 17.6. The number of aryl methyl sites for hydroxylation is 1. The minimum atomic E-state index is -0.142. The van der Waals surface area contributed by atoms with Crippen molar-refractivity contribution < 1.29 is 9.53 Å². The molecule has 6 nitrogen and oxygen atoms in total. The second kappa shape index (κ2) is 9.92. The second-order valence-corrected chi connectivity index (χ2v) is 7.67. The summed E-state index contributed by atoms with van der Waals surface area (Å²) in [6.07, 6.45) is 4.00. The standard InChI is InChI=1S/C19H26N4O2S.ClH/c1-12-4-5-15(25-3)13(2)17(12)23-18(24)16-11-22-19(26-16)21-10-14-6-8-20-9-7-14;/h4-5,11,14,20H,6-10H2,1-3H3,(H,21,22)(H,23,24);1H. The van der Waals surface area contributed by atoms with Gasteiger partial charge in [0.25, 0.3) is 5.91 Å². The number of benzene rings is 1. The van der Waals surface area contributed by atoms with Crippen LogP contribution in [0.15, 0.2) is 18.3 Å². The summed E-state index contributed by atoms with van der Waals surface area (Å²) < 4.78 is 5.35. The number of halogens is 1. The van der Waals surface area contributed by atoms with Gasteiger partial charge >= 0.3 is 0 Å². The molecule has 27 heavy (non-hydrogen) atoms. The third-order valence-electron chi connectivity index (χ3n) is 4.81. The number of nitrogens with one attached hydrogen (secondary N) is 3. The van der Waals surface area contributed by atoms with Crippen molar-refractivity contribution in [3.05, 3.63) is 34.3 Å². The molecule has 1 saturated heterocycles. The first-order valence-corrected chi connectivity index (χ1v) is 9.76. The van der Waals surface area contributed by atoms with Crippen LogP contribution in [0.25, 0.3) is 0 Å².